The second-order valence-electron chi connectivity index (χ2n) is 5.25. The second-order valence-corrected chi connectivity index (χ2v) is 8.03. The van der Waals surface area contributed by atoms with Crippen LogP contribution in [0, 0.1) is 11.3 Å². The molecule has 1 aromatic heterocycles. The summed E-state index contributed by atoms with van der Waals surface area (Å²) >= 11 is 8.74. The van der Waals surface area contributed by atoms with Crippen LogP contribution in [0.2, 0.25) is 5.02 Å². The third kappa shape index (κ3) is 4.68. The minimum atomic E-state index is -4.70. The molecule has 1 unspecified atom stereocenters. The summed E-state index contributed by atoms with van der Waals surface area (Å²) in [5.41, 5.74) is -0.704. The van der Waals surface area contributed by atoms with E-state index in [0.29, 0.717) is 10.6 Å². The Morgan fingerprint density at radius 3 is 2.46 bits per heavy atom. The van der Waals surface area contributed by atoms with E-state index in [0.717, 1.165) is 4.57 Å². The highest BCUT2D eigenvalue weighted by molar-refractivity contribution is 9.10. The summed E-state index contributed by atoms with van der Waals surface area (Å²) in [7, 11) is -1.12. The summed E-state index contributed by atoms with van der Waals surface area (Å²) in [5.74, 6) is 0.200. The van der Waals surface area contributed by atoms with Gasteiger partial charge in [0, 0.05) is 27.8 Å². The van der Waals surface area contributed by atoms with Gasteiger partial charge in [-0.2, -0.15) is 18.4 Å². The number of nitrogens with zero attached hydrogens (tertiary/aromatic N) is 2. The van der Waals surface area contributed by atoms with Crippen molar-refractivity contribution >= 4 is 38.3 Å². The Bertz CT molecular complexity index is 860. The van der Waals surface area contributed by atoms with Gasteiger partial charge in [0.15, 0.2) is 0 Å². The Morgan fingerprint density at radius 2 is 1.96 bits per heavy atom. The molecule has 0 aliphatic rings. The van der Waals surface area contributed by atoms with Crippen LogP contribution >= 0.6 is 27.5 Å². The first kappa shape index (κ1) is 21.0. The number of hydrogen-bond donors (Lipinski definition) is 0. The van der Waals surface area contributed by atoms with Gasteiger partial charge >= 0.3 is 6.18 Å². The van der Waals surface area contributed by atoms with Crippen LogP contribution in [0.1, 0.15) is 11.3 Å². The largest absolute Gasteiger partial charge is 0.432 e. The summed E-state index contributed by atoms with van der Waals surface area (Å²) in [4.78, 5) is 0. The van der Waals surface area contributed by atoms with E-state index in [-0.39, 0.29) is 28.1 Å². The average Bonchev–Trinajstić information content (AvgIpc) is 2.83. The zero-order chi connectivity index (χ0) is 19.5. The molecule has 26 heavy (non-hydrogen) atoms. The number of rotatable bonds is 6. The molecule has 2 aromatic rings. The fourth-order valence-electron chi connectivity index (χ4n) is 2.34. The van der Waals surface area contributed by atoms with Crippen LogP contribution in [-0.4, -0.2) is 27.4 Å². The maximum atomic E-state index is 13.6. The third-order valence-electron chi connectivity index (χ3n) is 3.44. The van der Waals surface area contributed by atoms with Crippen LogP contribution in [-0.2, 0) is 28.4 Å². The SMILES string of the molecule is CS(=O)CCOCn1c(-c2ccc(Cl)cc2)c(C#N)c(Br)c1C(F)(F)F. The first-order valence-electron chi connectivity index (χ1n) is 7.19. The molecular weight excluding hydrogens is 457 g/mol. The van der Waals surface area contributed by atoms with E-state index in [1.54, 1.807) is 0 Å². The predicted octanol–water partition coefficient (Wildman–Crippen LogP) is 4.81. The molecule has 0 aliphatic heterocycles. The molecule has 0 fully saturated rings. The number of hydrogen-bond acceptors (Lipinski definition) is 3. The molecule has 1 aromatic carbocycles. The van der Waals surface area contributed by atoms with Crippen molar-refractivity contribution in [2.45, 2.75) is 12.9 Å². The topological polar surface area (TPSA) is 55.0 Å². The zero-order valence-corrected chi connectivity index (χ0v) is 16.6. The molecule has 4 nitrogen and oxygen atoms in total. The quantitative estimate of drug-likeness (QED) is 0.570. The lowest BCUT2D eigenvalue weighted by molar-refractivity contribution is -0.146. The van der Waals surface area contributed by atoms with Crippen LogP contribution in [0.15, 0.2) is 28.7 Å². The smallest absolute Gasteiger partial charge is 0.360 e. The van der Waals surface area contributed by atoms with Crippen molar-refractivity contribution in [2.75, 3.05) is 18.6 Å². The first-order chi connectivity index (χ1) is 12.2. The first-order valence-corrected chi connectivity index (χ1v) is 10.1. The summed E-state index contributed by atoms with van der Waals surface area (Å²) in [6.07, 6.45) is -3.23. The van der Waals surface area contributed by atoms with Gasteiger partial charge in [0.2, 0.25) is 0 Å². The average molecular weight is 470 g/mol. The summed E-state index contributed by atoms with van der Waals surface area (Å²) in [5, 5.41) is 9.81. The number of nitriles is 1. The van der Waals surface area contributed by atoms with Crippen molar-refractivity contribution in [1.29, 1.82) is 5.26 Å². The summed E-state index contributed by atoms with van der Waals surface area (Å²) in [6, 6.07) is 7.93. The molecule has 0 radical (unpaired) electrons. The number of halogens is 5. The van der Waals surface area contributed by atoms with Crippen LogP contribution in [0.4, 0.5) is 13.2 Å². The fourth-order valence-corrected chi connectivity index (χ4v) is 3.53. The molecule has 2 rings (SSSR count). The lowest BCUT2D eigenvalue weighted by Gasteiger charge is -2.16. The molecular formula is C16H13BrClF3N2O2S. The van der Waals surface area contributed by atoms with Crippen molar-refractivity contribution in [1.82, 2.24) is 4.57 Å². The van der Waals surface area contributed by atoms with E-state index < -0.39 is 29.4 Å². The van der Waals surface area contributed by atoms with Gasteiger partial charge < -0.3 is 9.30 Å². The molecule has 0 saturated heterocycles. The van der Waals surface area contributed by atoms with E-state index >= 15 is 0 Å². The van der Waals surface area contributed by atoms with Crippen LogP contribution in [0.25, 0.3) is 11.3 Å². The predicted molar refractivity (Wildman–Crippen MR) is 97.2 cm³/mol. The van der Waals surface area contributed by atoms with Gasteiger partial charge in [-0.1, -0.05) is 23.7 Å². The zero-order valence-electron chi connectivity index (χ0n) is 13.4. The van der Waals surface area contributed by atoms with Crippen molar-refractivity contribution in [3.05, 3.63) is 45.0 Å². The van der Waals surface area contributed by atoms with Gasteiger partial charge in [-0.3, -0.25) is 4.21 Å². The minimum absolute atomic E-state index is 0.0259. The van der Waals surface area contributed by atoms with E-state index in [1.807, 2.05) is 6.07 Å². The normalized spacial score (nSPS) is 12.8. The van der Waals surface area contributed by atoms with Gasteiger partial charge in [-0.15, -0.1) is 0 Å². The van der Waals surface area contributed by atoms with Crippen LogP contribution in [0.3, 0.4) is 0 Å². The molecule has 0 N–H and O–H groups in total. The Morgan fingerprint density at radius 1 is 1.35 bits per heavy atom. The Kier molecular flexibility index (Phi) is 6.91. The molecule has 10 heteroatoms. The molecule has 0 spiro atoms. The molecule has 0 aliphatic carbocycles. The Labute approximate surface area is 164 Å². The van der Waals surface area contributed by atoms with E-state index in [1.165, 1.54) is 30.5 Å². The number of alkyl halides is 3. The van der Waals surface area contributed by atoms with Gasteiger partial charge in [-0.25, -0.2) is 0 Å². The van der Waals surface area contributed by atoms with Gasteiger partial charge in [0.25, 0.3) is 0 Å². The monoisotopic (exact) mass is 468 g/mol. The van der Waals surface area contributed by atoms with Crippen molar-refractivity contribution in [2.24, 2.45) is 0 Å². The lowest BCUT2D eigenvalue weighted by atomic mass is 10.1. The Hall–Kier alpha value is -1.34. The van der Waals surface area contributed by atoms with Crippen LogP contribution in [0.5, 0.6) is 0 Å². The van der Waals surface area contributed by atoms with Crippen LogP contribution < -0.4 is 0 Å². The van der Waals surface area contributed by atoms with Crippen molar-refractivity contribution in [3.63, 3.8) is 0 Å². The second kappa shape index (κ2) is 8.57. The van der Waals surface area contributed by atoms with E-state index in [9.17, 15) is 22.6 Å². The minimum Gasteiger partial charge on any atom is -0.360 e. The highest BCUT2D eigenvalue weighted by atomic mass is 79.9. The Balaban J connectivity index is 2.58. The molecule has 0 saturated carbocycles. The fraction of sp³-hybridized carbons (Fsp3) is 0.312. The highest BCUT2D eigenvalue weighted by Crippen LogP contribution is 2.43. The number of aromatic nitrogens is 1. The van der Waals surface area contributed by atoms with Gasteiger partial charge in [0.05, 0.1) is 22.3 Å². The molecule has 1 heterocycles. The molecule has 0 bridgehead atoms. The van der Waals surface area contributed by atoms with Crippen molar-refractivity contribution < 1.29 is 22.1 Å². The number of ether oxygens (including phenoxy) is 1. The lowest BCUT2D eigenvalue weighted by Crippen LogP contribution is -2.17. The van der Waals surface area contributed by atoms with Crippen molar-refractivity contribution in [3.8, 4) is 17.3 Å². The van der Waals surface area contributed by atoms with E-state index in [4.69, 9.17) is 16.3 Å². The van der Waals surface area contributed by atoms with Gasteiger partial charge in [-0.05, 0) is 33.6 Å². The summed E-state index contributed by atoms with van der Waals surface area (Å²) < 4.78 is 57.6. The maximum absolute atomic E-state index is 13.6. The highest BCUT2D eigenvalue weighted by Gasteiger charge is 2.40. The molecule has 140 valence electrons. The summed E-state index contributed by atoms with van der Waals surface area (Å²) in [6.45, 7) is -0.414. The molecule has 1 atom stereocenters. The van der Waals surface area contributed by atoms with Gasteiger partial charge in [0.1, 0.15) is 18.5 Å². The standard InChI is InChI=1S/C16H13BrClF3N2O2S/c1-26(24)7-6-25-9-23-14(10-2-4-11(18)5-3-10)12(8-22)13(17)15(23)16(19,20)21/h2-5H,6-7,9H2,1H3. The number of benzene rings is 1. The van der Waals surface area contributed by atoms with E-state index in [2.05, 4.69) is 15.9 Å². The maximum Gasteiger partial charge on any atom is 0.432 e. The molecule has 0 amide bonds. The third-order valence-corrected chi connectivity index (χ3v) is 5.20.